The first-order valence-corrected chi connectivity index (χ1v) is 7.89. The number of carbonyl (C=O) groups is 2. The molecule has 3 atom stereocenters. The number of rotatable bonds is 7. The van der Waals surface area contributed by atoms with Gasteiger partial charge in [0.05, 0.1) is 6.04 Å². The van der Waals surface area contributed by atoms with Crippen molar-refractivity contribution in [1.82, 2.24) is 5.32 Å². The zero-order valence-corrected chi connectivity index (χ0v) is 13.6. The molecule has 0 saturated carbocycles. The lowest BCUT2D eigenvalue weighted by Crippen LogP contribution is -2.49. The summed E-state index contributed by atoms with van der Waals surface area (Å²) in [7, 11) is 0. The average Bonchev–Trinajstić information content (AvgIpc) is 2.56. The van der Waals surface area contributed by atoms with E-state index in [9.17, 15) is 24.2 Å². The zero-order valence-electron chi connectivity index (χ0n) is 13.6. The van der Waals surface area contributed by atoms with E-state index >= 15 is 0 Å². The Morgan fingerprint density at radius 2 is 1.96 bits per heavy atom. The van der Waals surface area contributed by atoms with Gasteiger partial charge in [0.15, 0.2) is 0 Å². The van der Waals surface area contributed by atoms with Gasteiger partial charge in [0, 0.05) is 12.8 Å². The number of carbonyl (C=O) groups excluding carboxylic acids is 1. The lowest BCUT2D eigenvalue weighted by atomic mass is 9.97. The van der Waals surface area contributed by atoms with Crippen LogP contribution >= 0.6 is 0 Å². The average molecular weight is 348 g/mol. The Hall–Kier alpha value is -2.51. The number of amides is 1. The summed E-state index contributed by atoms with van der Waals surface area (Å²) in [6.07, 6.45) is 3.69. The molecule has 0 radical (unpaired) electrons. The van der Waals surface area contributed by atoms with Gasteiger partial charge in [-0.05, 0) is 23.6 Å². The number of hydrogen-bond acceptors (Lipinski definition) is 4. The van der Waals surface area contributed by atoms with E-state index in [0.29, 0.717) is 5.57 Å². The number of nitrogens with two attached hydrogens (primary N) is 1. The number of allylic oxidation sites excluding steroid dienone is 1. The number of carboxylic acid groups (broad SMARTS) is 1. The monoisotopic (exact) mass is 348 g/mol. The Morgan fingerprint density at radius 1 is 1.28 bits per heavy atom. The molecule has 6 nitrogen and oxygen atoms in total. The molecular weight excluding hydrogens is 327 g/mol. The van der Waals surface area contributed by atoms with Crippen LogP contribution in [0.15, 0.2) is 54.1 Å². The molecule has 134 valence electrons. The summed E-state index contributed by atoms with van der Waals surface area (Å²) in [5, 5.41) is 20.9. The van der Waals surface area contributed by atoms with Crippen molar-refractivity contribution in [3.8, 4) is 0 Å². The fourth-order valence-electron chi connectivity index (χ4n) is 2.47. The number of aliphatic carboxylic acids is 1. The van der Waals surface area contributed by atoms with Gasteiger partial charge >= 0.3 is 5.97 Å². The number of alkyl halides is 1. The van der Waals surface area contributed by atoms with Crippen molar-refractivity contribution in [2.45, 2.75) is 37.2 Å². The summed E-state index contributed by atoms with van der Waals surface area (Å²) in [5.41, 5.74) is 7.24. The van der Waals surface area contributed by atoms with E-state index in [1.165, 1.54) is 12.2 Å². The summed E-state index contributed by atoms with van der Waals surface area (Å²) in [6, 6.07) is 7.10. The van der Waals surface area contributed by atoms with Crippen LogP contribution in [0.1, 0.15) is 18.4 Å². The molecule has 0 heterocycles. The van der Waals surface area contributed by atoms with E-state index in [1.54, 1.807) is 0 Å². The smallest absolute Gasteiger partial charge is 0.326 e. The maximum absolute atomic E-state index is 13.3. The first-order chi connectivity index (χ1) is 11.8. The lowest BCUT2D eigenvalue weighted by molar-refractivity contribution is -0.141. The van der Waals surface area contributed by atoms with Crippen molar-refractivity contribution in [2.24, 2.45) is 5.73 Å². The van der Waals surface area contributed by atoms with E-state index in [1.807, 2.05) is 30.3 Å². The third kappa shape index (κ3) is 5.81. The van der Waals surface area contributed by atoms with E-state index in [-0.39, 0.29) is 19.3 Å². The van der Waals surface area contributed by atoms with Crippen LogP contribution in [0.2, 0.25) is 0 Å². The highest BCUT2D eigenvalue weighted by molar-refractivity contribution is 5.87. The molecule has 7 heteroatoms. The van der Waals surface area contributed by atoms with Crippen LogP contribution in [-0.4, -0.2) is 40.0 Å². The second-order valence-corrected chi connectivity index (χ2v) is 6.03. The molecular formula is C18H21FN2O4. The predicted octanol–water partition coefficient (Wildman–Crippen LogP) is 1.06. The van der Waals surface area contributed by atoms with Crippen molar-refractivity contribution in [2.75, 3.05) is 0 Å². The summed E-state index contributed by atoms with van der Waals surface area (Å²) < 4.78 is 13.3. The molecule has 1 aromatic rings. The first kappa shape index (κ1) is 18.8. The molecule has 5 N–H and O–H groups in total. The molecule has 0 spiro atoms. The lowest BCUT2D eigenvalue weighted by Gasteiger charge is -2.21. The molecule has 0 saturated heterocycles. The predicted molar refractivity (Wildman–Crippen MR) is 90.2 cm³/mol. The molecule has 2 rings (SSSR count). The third-order valence-corrected chi connectivity index (χ3v) is 3.89. The Kier molecular flexibility index (Phi) is 6.06. The summed E-state index contributed by atoms with van der Waals surface area (Å²) in [6.45, 7) is 0. The Labute approximate surface area is 144 Å². The number of hydrogen-bond donors (Lipinski definition) is 4. The maximum atomic E-state index is 13.3. The van der Waals surface area contributed by atoms with Crippen molar-refractivity contribution in [3.05, 3.63) is 59.7 Å². The maximum Gasteiger partial charge on any atom is 0.326 e. The van der Waals surface area contributed by atoms with E-state index < -0.39 is 29.8 Å². The fraction of sp³-hybridized carbons (Fsp3) is 0.333. The highest BCUT2D eigenvalue weighted by Gasteiger charge is 2.27. The largest absolute Gasteiger partial charge is 0.480 e. The van der Waals surface area contributed by atoms with Gasteiger partial charge in [-0.3, -0.25) is 4.79 Å². The summed E-state index contributed by atoms with van der Waals surface area (Å²) >= 11 is 0. The van der Waals surface area contributed by atoms with Gasteiger partial charge in [-0.15, -0.1) is 0 Å². The molecule has 0 fully saturated rings. The van der Waals surface area contributed by atoms with Gasteiger partial charge in [0.25, 0.3) is 0 Å². The highest BCUT2D eigenvalue weighted by atomic mass is 19.2. The number of benzene rings is 1. The summed E-state index contributed by atoms with van der Waals surface area (Å²) in [4.78, 5) is 23.6. The molecule has 1 amide bonds. The second kappa shape index (κ2) is 8.04. The van der Waals surface area contributed by atoms with Crippen molar-refractivity contribution >= 4 is 11.9 Å². The van der Waals surface area contributed by atoms with E-state index in [2.05, 4.69) is 5.32 Å². The molecule has 0 aromatic heterocycles. The van der Waals surface area contributed by atoms with E-state index in [0.717, 1.165) is 11.6 Å². The van der Waals surface area contributed by atoms with Crippen LogP contribution in [0, 0.1) is 0 Å². The number of halogens is 1. The first-order valence-electron chi connectivity index (χ1n) is 7.89. The minimum atomic E-state index is -2.41. The topological polar surface area (TPSA) is 113 Å². The number of nitrogens with one attached hydrogen (secondary N) is 1. The van der Waals surface area contributed by atoms with Crippen molar-refractivity contribution in [1.29, 1.82) is 0 Å². The standard InChI is InChI=1S/C18H21FN2O4/c19-18(25)8-6-13(7-9-18)11-15(17(23)24)21-16(22)14(20)10-12-4-2-1-3-5-12/h1-8,14-15,25H,9-11,20H2,(H,21,22)(H,23,24)/t14-,15-,18?/m0/s1. The van der Waals surface area contributed by atoms with Crippen LogP contribution in [0.25, 0.3) is 0 Å². The normalized spacial score (nSPS) is 22.0. The highest BCUT2D eigenvalue weighted by Crippen LogP contribution is 2.24. The van der Waals surface area contributed by atoms with Gasteiger partial charge in [0.1, 0.15) is 6.04 Å². The van der Waals surface area contributed by atoms with E-state index in [4.69, 9.17) is 5.73 Å². The fourth-order valence-corrected chi connectivity index (χ4v) is 2.47. The number of aliphatic hydroxyl groups is 1. The van der Waals surface area contributed by atoms with Gasteiger partial charge < -0.3 is 21.3 Å². The summed E-state index contributed by atoms with van der Waals surface area (Å²) in [5.74, 6) is -4.20. The molecule has 0 aliphatic heterocycles. The van der Waals surface area contributed by atoms with Crippen LogP contribution in [0.3, 0.4) is 0 Å². The molecule has 1 aliphatic rings. The zero-order chi connectivity index (χ0) is 18.4. The minimum absolute atomic E-state index is 0.0221. The van der Waals surface area contributed by atoms with Gasteiger partial charge in [-0.2, -0.15) is 0 Å². The number of carboxylic acids is 1. The Balaban J connectivity index is 1.94. The molecule has 1 aliphatic carbocycles. The minimum Gasteiger partial charge on any atom is -0.480 e. The van der Waals surface area contributed by atoms with Crippen molar-refractivity contribution < 1.29 is 24.2 Å². The molecule has 1 aromatic carbocycles. The molecule has 0 bridgehead atoms. The van der Waals surface area contributed by atoms with Crippen LogP contribution in [0.4, 0.5) is 4.39 Å². The van der Waals surface area contributed by atoms with Gasteiger partial charge in [0.2, 0.25) is 11.8 Å². The SMILES string of the molecule is N[C@@H](Cc1ccccc1)C(=O)N[C@@H](CC1=CCC(O)(F)C=C1)C(=O)O. The van der Waals surface area contributed by atoms with Gasteiger partial charge in [-0.1, -0.05) is 42.5 Å². The Bertz CT molecular complexity index is 686. The van der Waals surface area contributed by atoms with Crippen LogP contribution in [0.5, 0.6) is 0 Å². The van der Waals surface area contributed by atoms with Crippen molar-refractivity contribution in [3.63, 3.8) is 0 Å². The third-order valence-electron chi connectivity index (χ3n) is 3.89. The molecule has 25 heavy (non-hydrogen) atoms. The Morgan fingerprint density at radius 3 is 2.52 bits per heavy atom. The second-order valence-electron chi connectivity index (χ2n) is 6.03. The molecule has 1 unspecified atom stereocenters. The van der Waals surface area contributed by atoms with Crippen LogP contribution in [-0.2, 0) is 16.0 Å². The quantitative estimate of drug-likeness (QED) is 0.589. The van der Waals surface area contributed by atoms with Gasteiger partial charge in [-0.25, -0.2) is 9.18 Å². The van der Waals surface area contributed by atoms with Crippen LogP contribution < -0.4 is 11.1 Å².